The third-order valence-corrected chi connectivity index (χ3v) is 4.73. The highest BCUT2D eigenvalue weighted by Crippen LogP contribution is 2.26. The Balaban J connectivity index is 2.02. The van der Waals surface area contributed by atoms with Gasteiger partial charge in [-0.3, -0.25) is 0 Å². The van der Waals surface area contributed by atoms with Gasteiger partial charge in [-0.1, -0.05) is 57.3 Å². The van der Waals surface area contributed by atoms with E-state index in [9.17, 15) is 0 Å². The second kappa shape index (κ2) is 6.97. The second-order valence-electron chi connectivity index (χ2n) is 4.56. The summed E-state index contributed by atoms with van der Waals surface area (Å²) < 4.78 is 2.85. The summed E-state index contributed by atoms with van der Waals surface area (Å²) >= 11 is 20.7. The van der Waals surface area contributed by atoms with E-state index < -0.39 is 0 Å². The third-order valence-electron chi connectivity index (χ3n) is 3.03. The van der Waals surface area contributed by atoms with E-state index in [1.54, 1.807) is 23.0 Å². The molecule has 1 N–H and O–H groups in total. The average molecular weight is 428 g/mol. The lowest BCUT2D eigenvalue weighted by molar-refractivity contribution is 0.871. The van der Waals surface area contributed by atoms with Crippen LogP contribution in [0.15, 0.2) is 52.0 Å². The van der Waals surface area contributed by atoms with Gasteiger partial charge in [-0.05, 0) is 42.0 Å². The van der Waals surface area contributed by atoms with Gasteiger partial charge in [0.25, 0.3) is 0 Å². The number of hydrogen-bond acceptors (Lipinski definition) is 3. The molecular formula is C15H9BrCl2N4S. The van der Waals surface area contributed by atoms with Crippen molar-refractivity contribution >= 4 is 57.6 Å². The zero-order valence-electron chi connectivity index (χ0n) is 11.5. The molecule has 1 aromatic heterocycles. The molecule has 116 valence electrons. The molecule has 8 heteroatoms. The fourth-order valence-electron chi connectivity index (χ4n) is 1.93. The highest BCUT2D eigenvalue weighted by Gasteiger charge is 2.10. The van der Waals surface area contributed by atoms with Crippen molar-refractivity contribution in [1.29, 1.82) is 0 Å². The molecule has 0 spiro atoms. The molecule has 0 bridgehead atoms. The van der Waals surface area contributed by atoms with Crippen molar-refractivity contribution in [3.63, 3.8) is 0 Å². The second-order valence-corrected chi connectivity index (χ2v) is 6.62. The summed E-state index contributed by atoms with van der Waals surface area (Å²) in [5.41, 5.74) is 1.69. The maximum atomic E-state index is 6.01. The van der Waals surface area contributed by atoms with Crippen LogP contribution in [0.5, 0.6) is 0 Å². The van der Waals surface area contributed by atoms with E-state index in [0.717, 1.165) is 15.6 Å². The van der Waals surface area contributed by atoms with Crippen molar-refractivity contribution < 1.29 is 0 Å². The number of aromatic nitrogens is 3. The van der Waals surface area contributed by atoms with E-state index in [-0.39, 0.29) is 0 Å². The molecule has 23 heavy (non-hydrogen) atoms. The van der Waals surface area contributed by atoms with Crippen molar-refractivity contribution in [1.82, 2.24) is 14.9 Å². The van der Waals surface area contributed by atoms with Crippen LogP contribution in [0.25, 0.3) is 11.4 Å². The first-order chi connectivity index (χ1) is 11.1. The minimum absolute atomic E-state index is 0.395. The number of aromatic amines is 1. The van der Waals surface area contributed by atoms with E-state index in [1.807, 2.05) is 30.3 Å². The van der Waals surface area contributed by atoms with Crippen molar-refractivity contribution in [2.24, 2.45) is 5.10 Å². The molecule has 0 aliphatic heterocycles. The monoisotopic (exact) mass is 426 g/mol. The smallest absolute Gasteiger partial charge is 0.216 e. The van der Waals surface area contributed by atoms with Crippen molar-refractivity contribution in [2.75, 3.05) is 0 Å². The molecule has 0 fully saturated rings. The molecule has 1 heterocycles. The third kappa shape index (κ3) is 3.55. The number of nitrogens with zero attached hydrogens (tertiary/aromatic N) is 3. The first-order valence-corrected chi connectivity index (χ1v) is 8.43. The van der Waals surface area contributed by atoms with Crippen LogP contribution in [0.2, 0.25) is 10.0 Å². The predicted molar refractivity (Wildman–Crippen MR) is 100 cm³/mol. The number of hydrogen-bond donors (Lipinski definition) is 1. The van der Waals surface area contributed by atoms with Crippen LogP contribution in [0.1, 0.15) is 5.56 Å². The molecule has 0 aliphatic carbocycles. The summed E-state index contributed by atoms with van der Waals surface area (Å²) in [5.74, 6) is 0.610. The zero-order chi connectivity index (χ0) is 16.4. The fourth-order valence-corrected chi connectivity index (χ4v) is 2.88. The van der Waals surface area contributed by atoms with Gasteiger partial charge in [-0.2, -0.15) is 14.9 Å². The van der Waals surface area contributed by atoms with E-state index in [1.165, 1.54) is 0 Å². The summed E-state index contributed by atoms with van der Waals surface area (Å²) in [6.45, 7) is 0. The molecule has 0 saturated heterocycles. The minimum Gasteiger partial charge on any atom is -0.250 e. The molecule has 0 aliphatic rings. The van der Waals surface area contributed by atoms with Gasteiger partial charge in [0.2, 0.25) is 4.77 Å². The van der Waals surface area contributed by atoms with Gasteiger partial charge in [-0.15, -0.1) is 0 Å². The van der Waals surface area contributed by atoms with Gasteiger partial charge in [0.05, 0.1) is 16.3 Å². The van der Waals surface area contributed by atoms with Gasteiger partial charge >= 0.3 is 0 Å². The maximum Gasteiger partial charge on any atom is 0.216 e. The molecule has 4 nitrogen and oxygen atoms in total. The SMILES string of the molecule is S=c1[nH]nc(-c2ccccc2Br)n1N=Cc1ccc(Cl)c(Cl)c1. The van der Waals surface area contributed by atoms with E-state index in [4.69, 9.17) is 35.4 Å². The van der Waals surface area contributed by atoms with Gasteiger partial charge in [0.1, 0.15) is 0 Å². The molecule has 0 amide bonds. The Morgan fingerprint density at radius 3 is 2.70 bits per heavy atom. The van der Waals surface area contributed by atoms with Gasteiger partial charge < -0.3 is 0 Å². The Morgan fingerprint density at radius 2 is 1.96 bits per heavy atom. The Bertz CT molecular complexity index is 949. The molecular weight excluding hydrogens is 419 g/mol. The highest BCUT2D eigenvalue weighted by molar-refractivity contribution is 9.10. The predicted octanol–water partition coefficient (Wildman–Crippen LogP) is 5.56. The molecule has 0 saturated carbocycles. The lowest BCUT2D eigenvalue weighted by Crippen LogP contribution is -1.95. The number of halogens is 3. The normalized spacial score (nSPS) is 11.3. The fraction of sp³-hybridized carbons (Fsp3) is 0. The van der Waals surface area contributed by atoms with Crippen LogP contribution in [-0.4, -0.2) is 21.1 Å². The van der Waals surface area contributed by atoms with Gasteiger partial charge in [-0.25, -0.2) is 5.10 Å². The molecule has 0 radical (unpaired) electrons. The first kappa shape index (κ1) is 16.4. The Kier molecular flexibility index (Phi) is 4.96. The van der Waals surface area contributed by atoms with E-state index in [0.29, 0.717) is 20.6 Å². The van der Waals surface area contributed by atoms with Gasteiger partial charge in [0, 0.05) is 10.0 Å². The zero-order valence-corrected chi connectivity index (χ0v) is 15.4. The summed E-state index contributed by atoms with van der Waals surface area (Å²) in [6, 6.07) is 13.0. The average Bonchev–Trinajstić information content (AvgIpc) is 2.90. The maximum absolute atomic E-state index is 6.01. The van der Waals surface area contributed by atoms with Crippen LogP contribution >= 0.6 is 51.3 Å². The molecule has 3 aromatic rings. The Labute approximate surface area is 155 Å². The Hall–Kier alpha value is -1.47. The minimum atomic E-state index is 0.395. The lowest BCUT2D eigenvalue weighted by Gasteiger charge is -2.03. The number of rotatable bonds is 3. The van der Waals surface area contributed by atoms with Crippen LogP contribution in [0, 0.1) is 4.77 Å². The molecule has 3 rings (SSSR count). The number of benzene rings is 2. The number of H-pyrrole nitrogens is 1. The van der Waals surface area contributed by atoms with Crippen molar-refractivity contribution in [3.8, 4) is 11.4 Å². The number of nitrogens with one attached hydrogen (secondary N) is 1. The first-order valence-electron chi connectivity index (χ1n) is 6.48. The summed E-state index contributed by atoms with van der Waals surface area (Å²) in [6.07, 6.45) is 1.65. The summed E-state index contributed by atoms with van der Waals surface area (Å²) in [5, 5.41) is 12.4. The summed E-state index contributed by atoms with van der Waals surface area (Å²) in [4.78, 5) is 0. The van der Waals surface area contributed by atoms with Crippen LogP contribution < -0.4 is 0 Å². The van der Waals surface area contributed by atoms with Crippen molar-refractivity contribution in [3.05, 3.63) is 67.3 Å². The van der Waals surface area contributed by atoms with E-state index in [2.05, 4.69) is 31.2 Å². The van der Waals surface area contributed by atoms with E-state index >= 15 is 0 Å². The highest BCUT2D eigenvalue weighted by atomic mass is 79.9. The standard InChI is InChI=1S/C15H9BrCl2N4S/c16-11-4-2-1-3-10(11)14-20-21-15(23)22(14)19-8-9-5-6-12(17)13(18)7-9/h1-8H,(H,21,23). The topological polar surface area (TPSA) is 46.0 Å². The molecule has 0 unspecified atom stereocenters. The Morgan fingerprint density at radius 1 is 1.17 bits per heavy atom. The summed E-state index contributed by atoms with van der Waals surface area (Å²) in [7, 11) is 0. The van der Waals surface area contributed by atoms with Crippen LogP contribution in [0.3, 0.4) is 0 Å². The van der Waals surface area contributed by atoms with Crippen LogP contribution in [0.4, 0.5) is 0 Å². The van der Waals surface area contributed by atoms with Gasteiger partial charge in [0.15, 0.2) is 5.82 Å². The largest absolute Gasteiger partial charge is 0.250 e. The quantitative estimate of drug-likeness (QED) is 0.439. The lowest BCUT2D eigenvalue weighted by atomic mass is 10.2. The van der Waals surface area contributed by atoms with Crippen LogP contribution in [-0.2, 0) is 0 Å². The van der Waals surface area contributed by atoms with Crippen molar-refractivity contribution in [2.45, 2.75) is 0 Å². The molecule has 0 atom stereocenters. The molecule has 2 aromatic carbocycles.